The molecule has 8 heteroatoms. The molecule has 21 heavy (non-hydrogen) atoms. The van der Waals surface area contributed by atoms with Crippen molar-refractivity contribution in [2.24, 2.45) is 5.73 Å². The lowest BCUT2D eigenvalue weighted by atomic mass is 10.1. The van der Waals surface area contributed by atoms with Crippen molar-refractivity contribution >= 4 is 33.2 Å². The lowest BCUT2D eigenvalue weighted by Crippen LogP contribution is -2.13. The summed E-state index contributed by atoms with van der Waals surface area (Å²) in [6.07, 6.45) is 1.31. The minimum Gasteiger partial charge on any atom is -0.382 e. The number of halogens is 2. The number of benzene rings is 1. The summed E-state index contributed by atoms with van der Waals surface area (Å²) in [5, 5.41) is 4.11. The Balaban J connectivity index is 2.24. The average molecular weight is 350 g/mol. The molecule has 3 rings (SSSR count). The molecule has 2 aromatic heterocycles. The molecule has 0 fully saturated rings. The number of hydrogen-bond donors (Lipinski definition) is 2. The fraction of sp³-hybridized carbons (Fsp3) is 0. The third-order valence-corrected chi connectivity index (χ3v) is 3.67. The summed E-state index contributed by atoms with van der Waals surface area (Å²) in [5.41, 5.74) is 12.5. The first-order valence-electron chi connectivity index (χ1n) is 5.86. The van der Waals surface area contributed by atoms with E-state index in [1.165, 1.54) is 18.5 Å². The number of carbonyl (C=O) groups excluding carboxylic acids is 1. The minimum atomic E-state index is -0.813. The van der Waals surface area contributed by atoms with Gasteiger partial charge in [-0.15, -0.1) is 0 Å². The van der Waals surface area contributed by atoms with Gasteiger partial charge in [-0.25, -0.2) is 13.9 Å². The van der Waals surface area contributed by atoms with Crippen LogP contribution in [0.5, 0.6) is 0 Å². The number of aromatic nitrogens is 3. The van der Waals surface area contributed by atoms with Gasteiger partial charge in [-0.3, -0.25) is 4.79 Å². The number of nitrogens with zero attached hydrogens (tertiary/aromatic N) is 3. The summed E-state index contributed by atoms with van der Waals surface area (Å²) in [6.45, 7) is 0. The number of carbonyl (C=O) groups is 1. The van der Waals surface area contributed by atoms with Crippen molar-refractivity contribution in [1.82, 2.24) is 14.6 Å². The van der Waals surface area contributed by atoms with E-state index in [1.807, 2.05) is 0 Å². The number of amides is 1. The van der Waals surface area contributed by atoms with Gasteiger partial charge in [-0.05, 0) is 34.1 Å². The van der Waals surface area contributed by atoms with Gasteiger partial charge in [0, 0.05) is 10.0 Å². The molecule has 106 valence electrons. The quantitative estimate of drug-likeness (QED) is 0.738. The van der Waals surface area contributed by atoms with Gasteiger partial charge in [0.1, 0.15) is 17.7 Å². The zero-order chi connectivity index (χ0) is 15.1. The molecule has 0 saturated carbocycles. The zero-order valence-corrected chi connectivity index (χ0v) is 12.1. The van der Waals surface area contributed by atoms with Crippen molar-refractivity contribution in [3.05, 3.63) is 46.4 Å². The Morgan fingerprint density at radius 1 is 1.33 bits per heavy atom. The van der Waals surface area contributed by atoms with Crippen LogP contribution in [-0.2, 0) is 0 Å². The zero-order valence-electron chi connectivity index (χ0n) is 10.5. The van der Waals surface area contributed by atoms with Gasteiger partial charge in [0.15, 0.2) is 5.82 Å². The molecule has 0 bridgehead atoms. The Bertz CT molecular complexity index is 876. The number of anilines is 1. The highest BCUT2D eigenvalue weighted by Gasteiger charge is 2.15. The molecule has 0 aliphatic heterocycles. The van der Waals surface area contributed by atoms with Crippen LogP contribution in [0.25, 0.3) is 16.8 Å². The molecule has 6 nitrogen and oxygen atoms in total. The predicted octanol–water partition coefficient (Wildman–Crippen LogP) is 1.98. The Kier molecular flexibility index (Phi) is 3.09. The fourth-order valence-corrected chi connectivity index (χ4v) is 2.69. The molecule has 0 spiro atoms. The highest BCUT2D eigenvalue weighted by Crippen LogP contribution is 2.31. The third kappa shape index (κ3) is 2.13. The summed E-state index contributed by atoms with van der Waals surface area (Å²) < 4.78 is 16.1. The van der Waals surface area contributed by atoms with Crippen LogP contribution in [0.1, 0.15) is 10.4 Å². The second-order valence-corrected chi connectivity index (χ2v) is 5.20. The molecule has 0 radical (unpaired) electrons. The second kappa shape index (κ2) is 4.81. The van der Waals surface area contributed by atoms with Crippen LogP contribution in [0, 0.1) is 5.82 Å². The predicted molar refractivity (Wildman–Crippen MR) is 79.0 cm³/mol. The van der Waals surface area contributed by atoms with Gasteiger partial charge in [0.2, 0.25) is 0 Å². The first-order valence-corrected chi connectivity index (χ1v) is 6.66. The van der Waals surface area contributed by atoms with Gasteiger partial charge in [0.25, 0.3) is 5.91 Å². The Labute approximate surface area is 126 Å². The molecule has 0 atom stereocenters. The molecule has 4 N–H and O–H groups in total. The second-order valence-electron chi connectivity index (χ2n) is 4.34. The summed E-state index contributed by atoms with van der Waals surface area (Å²) in [5.74, 6) is -1.20. The molecular weight excluding hydrogens is 341 g/mol. The van der Waals surface area contributed by atoms with Crippen LogP contribution in [0.4, 0.5) is 10.2 Å². The minimum absolute atomic E-state index is 0.159. The van der Waals surface area contributed by atoms with Crippen molar-refractivity contribution in [2.45, 2.75) is 0 Å². The summed E-state index contributed by atoms with van der Waals surface area (Å²) in [7, 11) is 0. The van der Waals surface area contributed by atoms with Gasteiger partial charge in [0.05, 0.1) is 11.3 Å². The van der Waals surface area contributed by atoms with E-state index in [2.05, 4.69) is 26.0 Å². The molecule has 1 amide bonds. The fourth-order valence-electron chi connectivity index (χ4n) is 2.10. The highest BCUT2D eigenvalue weighted by atomic mass is 79.9. The van der Waals surface area contributed by atoms with E-state index in [-0.39, 0.29) is 5.56 Å². The van der Waals surface area contributed by atoms with Crippen LogP contribution in [0.2, 0.25) is 0 Å². The SMILES string of the molecule is NC(=O)c1ccc(-c2cc(Br)c3c(N)ncnn23)cc1F. The van der Waals surface area contributed by atoms with E-state index < -0.39 is 11.7 Å². The number of nitrogen functional groups attached to an aromatic ring is 1. The first-order chi connectivity index (χ1) is 9.99. The van der Waals surface area contributed by atoms with Crippen LogP contribution < -0.4 is 11.5 Å². The lowest BCUT2D eigenvalue weighted by Gasteiger charge is -2.05. The van der Waals surface area contributed by atoms with Crippen LogP contribution in [0.15, 0.2) is 35.1 Å². The van der Waals surface area contributed by atoms with Gasteiger partial charge in [-0.2, -0.15) is 5.10 Å². The molecule has 0 aliphatic rings. The smallest absolute Gasteiger partial charge is 0.251 e. The number of nitrogens with two attached hydrogens (primary N) is 2. The molecule has 0 aliphatic carbocycles. The van der Waals surface area contributed by atoms with Crippen LogP contribution >= 0.6 is 15.9 Å². The van der Waals surface area contributed by atoms with Gasteiger partial charge >= 0.3 is 0 Å². The standard InChI is InChI=1S/C13H9BrFN5O/c14-8-4-10(20-11(8)12(16)18-5-19-20)6-1-2-7(13(17)21)9(15)3-6/h1-5H,(H2,17,21)(H2,16,18,19). The number of rotatable bonds is 2. The number of primary amides is 1. The van der Waals surface area contributed by atoms with E-state index in [9.17, 15) is 9.18 Å². The maximum Gasteiger partial charge on any atom is 0.251 e. The molecule has 1 aromatic carbocycles. The van der Waals surface area contributed by atoms with E-state index in [0.29, 0.717) is 27.1 Å². The summed E-state index contributed by atoms with van der Waals surface area (Å²) in [6, 6.07) is 5.91. The molecule has 0 unspecified atom stereocenters. The molecular formula is C13H9BrFN5O. The van der Waals surface area contributed by atoms with Crippen molar-refractivity contribution in [1.29, 1.82) is 0 Å². The topological polar surface area (TPSA) is 99.3 Å². The largest absolute Gasteiger partial charge is 0.382 e. The number of hydrogen-bond acceptors (Lipinski definition) is 4. The summed E-state index contributed by atoms with van der Waals surface area (Å²) in [4.78, 5) is 15.0. The van der Waals surface area contributed by atoms with Crippen LogP contribution in [0.3, 0.4) is 0 Å². The Morgan fingerprint density at radius 2 is 2.10 bits per heavy atom. The monoisotopic (exact) mass is 349 g/mol. The van der Waals surface area contributed by atoms with E-state index in [4.69, 9.17) is 11.5 Å². The van der Waals surface area contributed by atoms with E-state index >= 15 is 0 Å². The van der Waals surface area contributed by atoms with Crippen molar-refractivity contribution in [3.63, 3.8) is 0 Å². The van der Waals surface area contributed by atoms with Crippen LogP contribution in [-0.4, -0.2) is 20.5 Å². The normalized spacial score (nSPS) is 11.0. The third-order valence-electron chi connectivity index (χ3n) is 3.07. The van der Waals surface area contributed by atoms with Crippen molar-refractivity contribution in [3.8, 4) is 11.3 Å². The van der Waals surface area contributed by atoms with Gasteiger partial charge in [-0.1, -0.05) is 6.07 Å². The van der Waals surface area contributed by atoms with Gasteiger partial charge < -0.3 is 11.5 Å². The number of fused-ring (bicyclic) bond motifs is 1. The average Bonchev–Trinajstić information content (AvgIpc) is 2.77. The van der Waals surface area contributed by atoms with E-state index in [1.54, 1.807) is 16.6 Å². The highest BCUT2D eigenvalue weighted by molar-refractivity contribution is 9.10. The molecule has 3 aromatic rings. The Hall–Kier alpha value is -2.48. The van der Waals surface area contributed by atoms with E-state index in [0.717, 1.165) is 0 Å². The maximum absolute atomic E-state index is 13.9. The van der Waals surface area contributed by atoms with Crippen molar-refractivity contribution in [2.75, 3.05) is 5.73 Å². The molecule has 0 saturated heterocycles. The van der Waals surface area contributed by atoms with Crippen molar-refractivity contribution < 1.29 is 9.18 Å². The lowest BCUT2D eigenvalue weighted by molar-refractivity contribution is 0.0996. The maximum atomic E-state index is 13.9. The summed E-state index contributed by atoms with van der Waals surface area (Å²) >= 11 is 3.37. The first kappa shape index (κ1) is 13.5. The Morgan fingerprint density at radius 3 is 2.76 bits per heavy atom. The molecule has 2 heterocycles.